The Bertz CT molecular complexity index is 1350. The van der Waals surface area contributed by atoms with Gasteiger partial charge in [-0.2, -0.15) is 18.3 Å². The van der Waals surface area contributed by atoms with Crippen LogP contribution in [0.4, 0.5) is 24.5 Å². The maximum Gasteiger partial charge on any atom is 0.418 e. The second-order valence-corrected chi connectivity index (χ2v) is 7.95. The molecule has 0 N–H and O–H groups in total. The number of alkyl halides is 3. The molecule has 3 aromatic rings. The van der Waals surface area contributed by atoms with Crippen LogP contribution in [-0.2, 0) is 6.18 Å². The molecule has 35 heavy (non-hydrogen) atoms. The summed E-state index contributed by atoms with van der Waals surface area (Å²) >= 11 is 0. The molecule has 1 aromatic heterocycles. The fraction of sp³-hybridized carbons (Fsp3) is 0.261. The number of hydrogen-bond acceptors (Lipinski definition) is 6. The quantitative estimate of drug-likeness (QED) is 0.413. The average molecular weight is 487 g/mol. The summed E-state index contributed by atoms with van der Waals surface area (Å²) in [7, 11) is 0. The van der Waals surface area contributed by atoms with Crippen molar-refractivity contribution >= 4 is 17.3 Å². The molecule has 182 valence electrons. The number of rotatable bonds is 4. The summed E-state index contributed by atoms with van der Waals surface area (Å²) in [6, 6.07) is 12.1. The summed E-state index contributed by atoms with van der Waals surface area (Å²) in [5.41, 5.74) is -1.93. The van der Waals surface area contributed by atoms with Crippen LogP contribution >= 0.6 is 0 Å². The Balaban J connectivity index is 1.61. The molecule has 1 amide bonds. The molecule has 0 spiro atoms. The van der Waals surface area contributed by atoms with E-state index in [-0.39, 0.29) is 43.2 Å². The summed E-state index contributed by atoms with van der Waals surface area (Å²) < 4.78 is 41.5. The number of aromatic nitrogens is 2. The maximum atomic E-state index is 13.5. The summed E-state index contributed by atoms with van der Waals surface area (Å²) in [6.45, 7) is 2.28. The number of carbonyl (C=O) groups is 1. The van der Waals surface area contributed by atoms with Crippen molar-refractivity contribution in [3.63, 3.8) is 0 Å². The number of hydrogen-bond donors (Lipinski definition) is 0. The molecule has 1 fully saturated rings. The summed E-state index contributed by atoms with van der Waals surface area (Å²) in [4.78, 5) is 39.7. The van der Waals surface area contributed by atoms with Crippen molar-refractivity contribution in [3.05, 3.63) is 91.9 Å². The number of carbonyl (C=O) groups excluding carboxylic acids is 1. The molecule has 1 aliphatic rings. The molecule has 0 saturated carbocycles. The van der Waals surface area contributed by atoms with Crippen molar-refractivity contribution in [2.45, 2.75) is 13.1 Å². The third kappa shape index (κ3) is 4.72. The van der Waals surface area contributed by atoms with E-state index in [9.17, 15) is 32.9 Å². The van der Waals surface area contributed by atoms with Crippen LogP contribution in [0.15, 0.2) is 59.4 Å². The number of halogens is 3. The Morgan fingerprint density at radius 1 is 1.00 bits per heavy atom. The van der Waals surface area contributed by atoms with Crippen molar-refractivity contribution in [1.29, 1.82) is 0 Å². The predicted molar refractivity (Wildman–Crippen MR) is 121 cm³/mol. The zero-order valence-electron chi connectivity index (χ0n) is 18.5. The van der Waals surface area contributed by atoms with Crippen LogP contribution in [0.1, 0.15) is 21.7 Å². The molecule has 0 atom stereocenters. The topological polar surface area (TPSA) is 102 Å². The fourth-order valence-corrected chi connectivity index (χ4v) is 4.02. The van der Waals surface area contributed by atoms with Crippen molar-refractivity contribution in [2.24, 2.45) is 0 Å². The highest BCUT2D eigenvalue weighted by atomic mass is 19.4. The van der Waals surface area contributed by atoms with Gasteiger partial charge in [0.15, 0.2) is 5.69 Å². The van der Waals surface area contributed by atoms with Gasteiger partial charge in [-0.15, -0.1) is 0 Å². The monoisotopic (exact) mass is 487 g/mol. The minimum Gasteiger partial charge on any atom is -0.362 e. The van der Waals surface area contributed by atoms with Gasteiger partial charge in [-0.1, -0.05) is 24.3 Å². The van der Waals surface area contributed by atoms with E-state index < -0.39 is 33.7 Å². The third-order valence-corrected chi connectivity index (χ3v) is 5.73. The molecule has 2 aromatic carbocycles. The predicted octanol–water partition coefficient (Wildman–Crippen LogP) is 3.43. The van der Waals surface area contributed by atoms with Crippen LogP contribution in [-0.4, -0.2) is 51.7 Å². The van der Waals surface area contributed by atoms with Gasteiger partial charge in [0.1, 0.15) is 5.69 Å². The number of amides is 1. The number of anilines is 1. The second-order valence-electron chi connectivity index (χ2n) is 7.95. The van der Waals surface area contributed by atoms with E-state index in [4.69, 9.17) is 0 Å². The van der Waals surface area contributed by atoms with E-state index in [1.165, 1.54) is 36.1 Å². The van der Waals surface area contributed by atoms with Gasteiger partial charge in [0.05, 0.1) is 16.2 Å². The largest absolute Gasteiger partial charge is 0.418 e. The van der Waals surface area contributed by atoms with Crippen LogP contribution in [0, 0.1) is 17.0 Å². The highest BCUT2D eigenvalue weighted by Gasteiger charge is 2.35. The van der Waals surface area contributed by atoms with Crippen molar-refractivity contribution in [1.82, 2.24) is 14.7 Å². The number of nitrogens with zero attached hydrogens (tertiary/aromatic N) is 5. The Morgan fingerprint density at radius 2 is 1.60 bits per heavy atom. The molecular weight excluding hydrogens is 467 g/mol. The number of para-hydroxylation sites is 3. The van der Waals surface area contributed by atoms with E-state index in [1.807, 2.05) is 0 Å². The molecule has 0 bridgehead atoms. The van der Waals surface area contributed by atoms with Gasteiger partial charge in [-0.25, -0.2) is 4.68 Å². The van der Waals surface area contributed by atoms with Gasteiger partial charge in [-0.05, 0) is 25.1 Å². The van der Waals surface area contributed by atoms with E-state index >= 15 is 0 Å². The molecule has 1 saturated heterocycles. The summed E-state index contributed by atoms with van der Waals surface area (Å²) in [6.07, 6.45) is -4.66. The van der Waals surface area contributed by atoms with Crippen LogP contribution in [0.2, 0.25) is 0 Å². The highest BCUT2D eigenvalue weighted by molar-refractivity contribution is 5.92. The molecule has 12 heteroatoms. The number of benzene rings is 2. The Labute approximate surface area is 197 Å². The molecule has 0 radical (unpaired) electrons. The number of nitro benzene ring substituents is 1. The first-order valence-corrected chi connectivity index (χ1v) is 10.6. The van der Waals surface area contributed by atoms with Crippen LogP contribution in [0.25, 0.3) is 5.69 Å². The zero-order chi connectivity index (χ0) is 25.3. The molecule has 4 rings (SSSR count). The first-order chi connectivity index (χ1) is 16.6. The van der Waals surface area contributed by atoms with E-state index in [0.717, 1.165) is 16.8 Å². The van der Waals surface area contributed by atoms with E-state index in [2.05, 4.69) is 5.10 Å². The smallest absolute Gasteiger partial charge is 0.362 e. The summed E-state index contributed by atoms with van der Waals surface area (Å²) in [5.74, 6) is -0.713. The number of aryl methyl sites for hydroxylation is 1. The van der Waals surface area contributed by atoms with Crippen LogP contribution in [0.5, 0.6) is 0 Å². The van der Waals surface area contributed by atoms with Gasteiger partial charge in [0.2, 0.25) is 5.43 Å². The normalized spacial score (nSPS) is 14.2. The number of nitro groups is 1. The highest BCUT2D eigenvalue weighted by Crippen LogP contribution is 2.33. The lowest BCUT2D eigenvalue weighted by molar-refractivity contribution is -0.384. The molecular formula is C23H20F3N5O4. The van der Waals surface area contributed by atoms with Crippen LogP contribution < -0.4 is 10.3 Å². The summed E-state index contributed by atoms with van der Waals surface area (Å²) in [5, 5.41) is 15.3. The minimum atomic E-state index is -4.66. The molecule has 0 aliphatic carbocycles. The molecule has 9 nitrogen and oxygen atoms in total. The number of piperazine rings is 1. The SMILES string of the molecule is Cc1cc(=O)c(C(=O)N2CCN(c3ccccc3[N+](=O)[O-])CC2)nn1-c1ccccc1C(F)(F)F. The first kappa shape index (κ1) is 23.9. The maximum absolute atomic E-state index is 13.5. The van der Waals surface area contributed by atoms with Gasteiger partial charge in [0.25, 0.3) is 11.6 Å². The Morgan fingerprint density at radius 3 is 2.23 bits per heavy atom. The second kappa shape index (κ2) is 9.20. The zero-order valence-corrected chi connectivity index (χ0v) is 18.5. The van der Waals surface area contributed by atoms with Gasteiger partial charge in [-0.3, -0.25) is 19.7 Å². The van der Waals surface area contributed by atoms with Crippen LogP contribution in [0.3, 0.4) is 0 Å². The molecule has 1 aliphatic heterocycles. The molecule has 0 unspecified atom stereocenters. The van der Waals surface area contributed by atoms with Crippen molar-refractivity contribution < 1.29 is 22.9 Å². The van der Waals surface area contributed by atoms with E-state index in [1.54, 1.807) is 23.1 Å². The lowest BCUT2D eigenvalue weighted by atomic mass is 10.1. The standard InChI is InChI=1S/C23H20F3N5O4/c1-15-14-20(32)21(27-30(15)17-7-3-2-6-16(17)23(24,25)26)22(33)29-12-10-28(11-13-29)18-8-4-5-9-19(18)31(34)35/h2-9,14H,10-13H2,1H3. The lowest BCUT2D eigenvalue weighted by Gasteiger charge is -2.35. The average Bonchev–Trinajstić information content (AvgIpc) is 2.83. The first-order valence-electron chi connectivity index (χ1n) is 10.6. The third-order valence-electron chi connectivity index (χ3n) is 5.73. The van der Waals surface area contributed by atoms with Crippen molar-refractivity contribution in [3.8, 4) is 5.69 Å². The molecule has 2 heterocycles. The van der Waals surface area contributed by atoms with Gasteiger partial charge in [0, 0.05) is 44.0 Å². The fourth-order valence-electron chi connectivity index (χ4n) is 4.02. The van der Waals surface area contributed by atoms with E-state index in [0.29, 0.717) is 5.69 Å². The van der Waals surface area contributed by atoms with Gasteiger partial charge >= 0.3 is 6.18 Å². The Hall–Kier alpha value is -4.22. The van der Waals surface area contributed by atoms with Gasteiger partial charge < -0.3 is 9.80 Å². The minimum absolute atomic E-state index is 0.0568. The lowest BCUT2D eigenvalue weighted by Crippen LogP contribution is -2.50. The van der Waals surface area contributed by atoms with Crippen molar-refractivity contribution in [2.75, 3.05) is 31.1 Å². The Kier molecular flexibility index (Phi) is 6.29.